The molecule has 0 aliphatic carbocycles. The number of hydrogen-bond donors (Lipinski definition) is 2. The van der Waals surface area contributed by atoms with Gasteiger partial charge in [-0.1, -0.05) is 6.07 Å². The summed E-state index contributed by atoms with van der Waals surface area (Å²) in [6.07, 6.45) is 1.95. The largest absolute Gasteiger partial charge is 0.490 e. The van der Waals surface area contributed by atoms with Crippen molar-refractivity contribution in [2.75, 3.05) is 0 Å². The van der Waals surface area contributed by atoms with Crippen molar-refractivity contribution >= 4 is 5.97 Å². The van der Waals surface area contributed by atoms with Crippen LogP contribution in [-0.4, -0.2) is 40.4 Å². The van der Waals surface area contributed by atoms with Crippen molar-refractivity contribution < 1.29 is 27.8 Å². The molecule has 5 nitrogen and oxygen atoms in total. The molecule has 2 saturated heterocycles. The highest BCUT2D eigenvalue weighted by molar-refractivity contribution is 5.73. The first kappa shape index (κ1) is 16.5. The molecule has 0 amide bonds. The van der Waals surface area contributed by atoms with Gasteiger partial charge < -0.3 is 15.2 Å². The maximum Gasteiger partial charge on any atom is 0.490 e. The Labute approximate surface area is 125 Å². The molecule has 2 bridgehead atoms. The van der Waals surface area contributed by atoms with E-state index in [2.05, 4.69) is 10.3 Å². The second-order valence-corrected chi connectivity index (χ2v) is 5.32. The Hall–Kier alpha value is -1.83. The van der Waals surface area contributed by atoms with Gasteiger partial charge in [-0.25, -0.2) is 9.78 Å². The summed E-state index contributed by atoms with van der Waals surface area (Å²) in [7, 11) is 0. The Morgan fingerprint density at radius 1 is 1.27 bits per heavy atom. The minimum atomic E-state index is -5.08. The fraction of sp³-hybridized carbons (Fsp3) is 0.571. The van der Waals surface area contributed by atoms with Crippen LogP contribution in [0.3, 0.4) is 0 Å². The number of carboxylic acid groups (broad SMARTS) is 1. The predicted molar refractivity (Wildman–Crippen MR) is 71.5 cm³/mol. The molecule has 0 radical (unpaired) electrons. The average Bonchev–Trinajstić information content (AvgIpc) is 2.79. The molecule has 0 aromatic carbocycles. The number of piperidine rings is 1. The maximum absolute atomic E-state index is 10.6. The standard InChI is InChI=1S/C12H16N2O.C2HF3O2/c1-2-6-13-12(3-1)15-11-7-9-4-5-10(8-11)14-9;3-2(4,5)1(6)7/h1-3,6,9-11,14H,4-5,7-8H2;(H,6,7)/t9-,10+,11?;. The summed E-state index contributed by atoms with van der Waals surface area (Å²) in [5.74, 6) is -1.99. The highest BCUT2D eigenvalue weighted by Gasteiger charge is 2.38. The van der Waals surface area contributed by atoms with Gasteiger partial charge in [-0.2, -0.15) is 13.2 Å². The molecule has 122 valence electrons. The number of aromatic nitrogens is 1. The fourth-order valence-electron chi connectivity index (χ4n) is 2.69. The number of pyridine rings is 1. The minimum Gasteiger partial charge on any atom is -0.475 e. The molecular formula is C14H17F3N2O3. The van der Waals surface area contributed by atoms with Crippen LogP contribution >= 0.6 is 0 Å². The first-order chi connectivity index (χ1) is 10.3. The third-order valence-electron chi connectivity index (χ3n) is 3.60. The topological polar surface area (TPSA) is 71.5 Å². The van der Waals surface area contributed by atoms with Crippen molar-refractivity contribution in [3.63, 3.8) is 0 Å². The number of carboxylic acids is 1. The molecule has 2 fully saturated rings. The van der Waals surface area contributed by atoms with Gasteiger partial charge in [0.1, 0.15) is 6.10 Å². The van der Waals surface area contributed by atoms with Gasteiger partial charge in [0, 0.05) is 24.3 Å². The zero-order valence-corrected chi connectivity index (χ0v) is 11.7. The molecule has 1 aromatic rings. The molecule has 3 heterocycles. The third kappa shape index (κ3) is 4.87. The van der Waals surface area contributed by atoms with Crippen molar-refractivity contribution in [1.29, 1.82) is 0 Å². The smallest absolute Gasteiger partial charge is 0.475 e. The molecule has 3 atom stereocenters. The lowest BCUT2D eigenvalue weighted by Gasteiger charge is -2.29. The maximum atomic E-state index is 10.6. The number of halogens is 3. The minimum absolute atomic E-state index is 0.360. The Morgan fingerprint density at radius 2 is 1.86 bits per heavy atom. The number of hydrogen-bond acceptors (Lipinski definition) is 4. The molecule has 0 saturated carbocycles. The first-order valence-electron chi connectivity index (χ1n) is 6.98. The highest BCUT2D eigenvalue weighted by atomic mass is 19.4. The van der Waals surface area contributed by atoms with Gasteiger partial charge in [-0.05, 0) is 31.7 Å². The van der Waals surface area contributed by atoms with E-state index in [1.54, 1.807) is 6.20 Å². The van der Waals surface area contributed by atoms with Crippen LogP contribution in [0.15, 0.2) is 24.4 Å². The van der Waals surface area contributed by atoms with Gasteiger partial charge >= 0.3 is 12.1 Å². The van der Waals surface area contributed by atoms with Gasteiger partial charge in [0.05, 0.1) is 0 Å². The number of alkyl halides is 3. The van der Waals surface area contributed by atoms with Crippen LogP contribution < -0.4 is 10.1 Å². The first-order valence-corrected chi connectivity index (χ1v) is 6.98. The summed E-state index contributed by atoms with van der Waals surface area (Å²) in [5, 5.41) is 10.7. The summed E-state index contributed by atoms with van der Waals surface area (Å²) in [6, 6.07) is 7.18. The Balaban J connectivity index is 0.000000217. The number of aliphatic carboxylic acids is 1. The summed E-state index contributed by atoms with van der Waals surface area (Å²) in [4.78, 5) is 13.1. The number of fused-ring (bicyclic) bond motifs is 2. The van der Waals surface area contributed by atoms with E-state index < -0.39 is 12.1 Å². The summed E-state index contributed by atoms with van der Waals surface area (Å²) in [5.41, 5.74) is 0. The van der Waals surface area contributed by atoms with E-state index in [0.717, 1.165) is 18.7 Å². The van der Waals surface area contributed by atoms with Gasteiger partial charge in [-0.15, -0.1) is 0 Å². The van der Waals surface area contributed by atoms with E-state index in [-0.39, 0.29) is 0 Å². The van der Waals surface area contributed by atoms with E-state index in [1.807, 2.05) is 18.2 Å². The van der Waals surface area contributed by atoms with Gasteiger partial charge in [0.2, 0.25) is 5.88 Å². The number of nitrogens with zero attached hydrogens (tertiary/aromatic N) is 1. The Morgan fingerprint density at radius 3 is 2.32 bits per heavy atom. The second kappa shape index (κ2) is 6.95. The van der Waals surface area contributed by atoms with Crippen molar-refractivity contribution in [1.82, 2.24) is 10.3 Å². The van der Waals surface area contributed by atoms with Crippen LogP contribution in [-0.2, 0) is 4.79 Å². The molecule has 2 aliphatic rings. The van der Waals surface area contributed by atoms with Gasteiger partial charge in [0.25, 0.3) is 0 Å². The van der Waals surface area contributed by atoms with E-state index in [0.29, 0.717) is 18.2 Å². The molecule has 0 spiro atoms. The summed E-state index contributed by atoms with van der Waals surface area (Å²) in [6.45, 7) is 0. The lowest BCUT2D eigenvalue weighted by Crippen LogP contribution is -2.42. The van der Waals surface area contributed by atoms with Crippen molar-refractivity contribution in [3.05, 3.63) is 24.4 Å². The zero-order chi connectivity index (χ0) is 16.2. The molecule has 1 aromatic heterocycles. The Kier molecular flexibility index (Phi) is 5.23. The molecule has 2 N–H and O–H groups in total. The van der Waals surface area contributed by atoms with Crippen molar-refractivity contribution in [2.24, 2.45) is 0 Å². The van der Waals surface area contributed by atoms with Crippen LogP contribution in [0.2, 0.25) is 0 Å². The molecule has 3 rings (SSSR count). The lowest BCUT2D eigenvalue weighted by atomic mass is 10.0. The predicted octanol–water partition coefficient (Wildman–Crippen LogP) is 2.38. The molecule has 2 aliphatic heterocycles. The summed E-state index contributed by atoms with van der Waals surface area (Å²) < 4.78 is 37.6. The summed E-state index contributed by atoms with van der Waals surface area (Å²) >= 11 is 0. The number of carbonyl (C=O) groups is 1. The van der Waals surface area contributed by atoms with E-state index >= 15 is 0 Å². The SMILES string of the molecule is O=C(O)C(F)(F)F.c1ccc(OC2C[C@H]3CC[C@@H](C2)N3)nc1. The van der Waals surface area contributed by atoms with Gasteiger partial charge in [0.15, 0.2) is 0 Å². The zero-order valence-electron chi connectivity index (χ0n) is 11.7. The van der Waals surface area contributed by atoms with E-state index in [1.165, 1.54) is 12.8 Å². The fourth-order valence-corrected chi connectivity index (χ4v) is 2.69. The number of ether oxygens (including phenoxy) is 1. The van der Waals surface area contributed by atoms with Crippen LogP contribution in [0.25, 0.3) is 0 Å². The molecule has 8 heteroatoms. The van der Waals surface area contributed by atoms with E-state index in [9.17, 15) is 13.2 Å². The van der Waals surface area contributed by atoms with Crippen LogP contribution in [0.4, 0.5) is 13.2 Å². The molecule has 1 unspecified atom stereocenters. The van der Waals surface area contributed by atoms with E-state index in [4.69, 9.17) is 14.6 Å². The van der Waals surface area contributed by atoms with Crippen LogP contribution in [0, 0.1) is 0 Å². The highest BCUT2D eigenvalue weighted by Crippen LogP contribution is 2.28. The normalized spacial score (nSPS) is 26.8. The Bertz CT molecular complexity index is 484. The lowest BCUT2D eigenvalue weighted by molar-refractivity contribution is -0.192. The monoisotopic (exact) mass is 318 g/mol. The van der Waals surface area contributed by atoms with Crippen LogP contribution in [0.5, 0.6) is 5.88 Å². The average molecular weight is 318 g/mol. The number of nitrogens with one attached hydrogen (secondary N) is 1. The van der Waals surface area contributed by atoms with Crippen molar-refractivity contribution in [2.45, 2.75) is 50.0 Å². The number of rotatable bonds is 2. The quantitative estimate of drug-likeness (QED) is 0.876. The van der Waals surface area contributed by atoms with Gasteiger partial charge in [-0.3, -0.25) is 0 Å². The second-order valence-electron chi connectivity index (χ2n) is 5.32. The third-order valence-corrected chi connectivity index (χ3v) is 3.60. The molecule has 22 heavy (non-hydrogen) atoms. The van der Waals surface area contributed by atoms with Crippen LogP contribution in [0.1, 0.15) is 25.7 Å². The van der Waals surface area contributed by atoms with Crippen molar-refractivity contribution in [3.8, 4) is 5.88 Å². The molecular weight excluding hydrogens is 301 g/mol.